The van der Waals surface area contributed by atoms with Gasteiger partial charge in [-0.3, -0.25) is 4.99 Å². The van der Waals surface area contributed by atoms with Crippen molar-refractivity contribution in [2.75, 3.05) is 6.54 Å². The molecule has 0 saturated heterocycles. The monoisotopic (exact) mass is 276 g/mol. The fourth-order valence-corrected chi connectivity index (χ4v) is 3.05. The van der Waals surface area contributed by atoms with E-state index in [1.54, 1.807) is 0 Å². The predicted octanol–water partition coefficient (Wildman–Crippen LogP) is 4.03. The maximum absolute atomic E-state index is 4.57. The van der Waals surface area contributed by atoms with Crippen molar-refractivity contribution in [2.24, 2.45) is 10.9 Å². The Morgan fingerprint density at radius 2 is 1.89 bits per heavy atom. The van der Waals surface area contributed by atoms with Gasteiger partial charge >= 0.3 is 0 Å². The van der Waals surface area contributed by atoms with E-state index in [0.717, 1.165) is 18.3 Å². The largest absolute Gasteiger partial charge is 0.361 e. The van der Waals surface area contributed by atoms with Crippen LogP contribution in [0.15, 0.2) is 29.3 Å². The van der Waals surface area contributed by atoms with Gasteiger partial charge in [-0.1, -0.05) is 63.7 Å². The molecule has 0 radical (unpaired) electrons. The van der Waals surface area contributed by atoms with E-state index in [4.69, 9.17) is 0 Å². The first-order valence-electron chi connectivity index (χ1n) is 7.10. The molecule has 0 fully saturated rings. The van der Waals surface area contributed by atoms with Crippen molar-refractivity contribution >= 4 is 16.9 Å². The lowest BCUT2D eigenvalue weighted by Gasteiger charge is -2.12. The molecule has 1 unspecified atom stereocenters. The van der Waals surface area contributed by atoms with E-state index in [9.17, 15) is 0 Å². The van der Waals surface area contributed by atoms with Gasteiger partial charge in [0.25, 0.3) is 0 Å². The normalized spacial score (nSPS) is 19.1. The van der Waals surface area contributed by atoms with Gasteiger partial charge in [-0.05, 0) is 23.0 Å². The molecular formula is C16H24N2S. The van der Waals surface area contributed by atoms with Crippen LogP contribution in [0.2, 0.25) is 0 Å². The lowest BCUT2D eigenvalue weighted by atomic mass is 10.0. The van der Waals surface area contributed by atoms with Gasteiger partial charge < -0.3 is 5.32 Å². The molecule has 2 rings (SSSR count). The molecule has 0 aliphatic carbocycles. The van der Waals surface area contributed by atoms with E-state index in [0.29, 0.717) is 17.1 Å². The first-order chi connectivity index (χ1) is 9.06. The molecule has 2 nitrogen and oxygen atoms in total. The molecule has 3 heteroatoms. The Labute approximate surface area is 121 Å². The molecule has 1 atom stereocenters. The maximum atomic E-state index is 4.57. The van der Waals surface area contributed by atoms with Crippen LogP contribution in [0.25, 0.3) is 0 Å². The standard InChI is InChI=1S/C16H24N2S/c1-11(2)14-7-5-13(6-8-14)9-17-16-18-10-15(19-16)12(3)4/h5-8,11-12,15H,9-10H2,1-4H3,(H,17,18). The second-order valence-electron chi connectivity index (χ2n) is 5.80. The molecule has 1 aliphatic rings. The van der Waals surface area contributed by atoms with Crippen LogP contribution in [0.3, 0.4) is 0 Å². The lowest BCUT2D eigenvalue weighted by molar-refractivity contribution is 0.621. The zero-order valence-corrected chi connectivity index (χ0v) is 13.1. The summed E-state index contributed by atoms with van der Waals surface area (Å²) in [6, 6.07) is 8.87. The third kappa shape index (κ3) is 4.00. The topological polar surface area (TPSA) is 24.4 Å². The minimum Gasteiger partial charge on any atom is -0.361 e. The number of hydrogen-bond donors (Lipinski definition) is 1. The van der Waals surface area contributed by atoms with Crippen molar-refractivity contribution in [1.82, 2.24) is 5.32 Å². The summed E-state index contributed by atoms with van der Waals surface area (Å²) >= 11 is 1.88. The van der Waals surface area contributed by atoms with Crippen LogP contribution in [0, 0.1) is 5.92 Å². The van der Waals surface area contributed by atoms with Gasteiger partial charge in [-0.15, -0.1) is 0 Å². The maximum Gasteiger partial charge on any atom is 0.157 e. The highest BCUT2D eigenvalue weighted by atomic mass is 32.2. The quantitative estimate of drug-likeness (QED) is 0.898. The predicted molar refractivity (Wildman–Crippen MR) is 85.9 cm³/mol. The zero-order chi connectivity index (χ0) is 13.8. The number of aliphatic imine (C=N–C) groups is 1. The number of thioether (sulfide) groups is 1. The Bertz CT molecular complexity index is 435. The summed E-state index contributed by atoms with van der Waals surface area (Å²) in [5.74, 6) is 1.29. The van der Waals surface area contributed by atoms with Crippen LogP contribution in [-0.2, 0) is 6.54 Å². The third-order valence-corrected chi connectivity index (χ3v) is 5.00. The molecule has 1 aromatic rings. The molecule has 104 valence electrons. The van der Waals surface area contributed by atoms with E-state index >= 15 is 0 Å². The van der Waals surface area contributed by atoms with Gasteiger partial charge in [0.15, 0.2) is 5.17 Å². The first-order valence-corrected chi connectivity index (χ1v) is 7.98. The van der Waals surface area contributed by atoms with Crippen molar-refractivity contribution in [1.29, 1.82) is 0 Å². The number of benzene rings is 1. The van der Waals surface area contributed by atoms with E-state index in [-0.39, 0.29) is 0 Å². The molecule has 0 aromatic heterocycles. The third-order valence-electron chi connectivity index (χ3n) is 3.51. The molecule has 0 bridgehead atoms. The SMILES string of the molecule is CC(C)c1ccc(CNC2=NCC(C(C)C)S2)cc1. The van der Waals surface area contributed by atoms with Crippen molar-refractivity contribution in [3.05, 3.63) is 35.4 Å². The highest BCUT2D eigenvalue weighted by Crippen LogP contribution is 2.26. The van der Waals surface area contributed by atoms with Gasteiger partial charge in [0.2, 0.25) is 0 Å². The van der Waals surface area contributed by atoms with Crippen LogP contribution in [0.4, 0.5) is 0 Å². The second-order valence-corrected chi connectivity index (χ2v) is 7.02. The summed E-state index contributed by atoms with van der Waals surface area (Å²) in [7, 11) is 0. The minimum atomic E-state index is 0.601. The Kier molecular flexibility index (Phi) is 4.92. The van der Waals surface area contributed by atoms with Crippen LogP contribution in [-0.4, -0.2) is 17.0 Å². The van der Waals surface area contributed by atoms with Gasteiger partial charge in [-0.25, -0.2) is 0 Å². The number of nitrogens with one attached hydrogen (secondary N) is 1. The molecule has 19 heavy (non-hydrogen) atoms. The fourth-order valence-electron chi connectivity index (χ4n) is 2.03. The highest BCUT2D eigenvalue weighted by Gasteiger charge is 2.21. The Hall–Kier alpha value is -0.960. The Morgan fingerprint density at radius 3 is 2.42 bits per heavy atom. The van der Waals surface area contributed by atoms with Crippen molar-refractivity contribution in [3.8, 4) is 0 Å². The van der Waals surface area contributed by atoms with E-state index in [1.807, 2.05) is 11.8 Å². The van der Waals surface area contributed by atoms with Crippen molar-refractivity contribution < 1.29 is 0 Å². The van der Waals surface area contributed by atoms with Crippen LogP contribution >= 0.6 is 11.8 Å². The van der Waals surface area contributed by atoms with Gasteiger partial charge in [-0.2, -0.15) is 0 Å². The lowest BCUT2D eigenvalue weighted by Crippen LogP contribution is -2.20. The molecule has 1 aromatic carbocycles. The smallest absolute Gasteiger partial charge is 0.157 e. The van der Waals surface area contributed by atoms with E-state index < -0.39 is 0 Å². The molecule has 1 N–H and O–H groups in total. The highest BCUT2D eigenvalue weighted by molar-refractivity contribution is 8.14. The van der Waals surface area contributed by atoms with Gasteiger partial charge in [0.05, 0.1) is 6.54 Å². The minimum absolute atomic E-state index is 0.601. The summed E-state index contributed by atoms with van der Waals surface area (Å²) in [6.45, 7) is 10.8. The Balaban J connectivity index is 1.83. The van der Waals surface area contributed by atoms with Crippen LogP contribution in [0.1, 0.15) is 44.7 Å². The number of rotatable bonds is 4. The number of hydrogen-bond acceptors (Lipinski definition) is 3. The fraction of sp³-hybridized carbons (Fsp3) is 0.562. The van der Waals surface area contributed by atoms with Gasteiger partial charge in [0.1, 0.15) is 0 Å². The molecule has 0 saturated carbocycles. The summed E-state index contributed by atoms with van der Waals surface area (Å²) in [5, 5.41) is 5.19. The number of amidine groups is 1. The van der Waals surface area contributed by atoms with Crippen molar-refractivity contribution in [3.63, 3.8) is 0 Å². The Morgan fingerprint density at radius 1 is 1.21 bits per heavy atom. The average Bonchev–Trinajstić information content (AvgIpc) is 2.86. The van der Waals surface area contributed by atoms with Gasteiger partial charge in [0, 0.05) is 11.8 Å². The summed E-state index contributed by atoms with van der Waals surface area (Å²) in [4.78, 5) is 4.57. The van der Waals surface area contributed by atoms with Crippen LogP contribution < -0.4 is 5.32 Å². The second kappa shape index (κ2) is 6.47. The summed E-state index contributed by atoms with van der Waals surface area (Å²) < 4.78 is 0. The van der Waals surface area contributed by atoms with Crippen LogP contribution in [0.5, 0.6) is 0 Å². The number of nitrogens with zero attached hydrogens (tertiary/aromatic N) is 1. The van der Waals surface area contributed by atoms with E-state index in [1.165, 1.54) is 11.1 Å². The zero-order valence-electron chi connectivity index (χ0n) is 12.3. The average molecular weight is 276 g/mol. The molecular weight excluding hydrogens is 252 g/mol. The molecule has 1 aliphatic heterocycles. The van der Waals surface area contributed by atoms with E-state index in [2.05, 4.69) is 62.3 Å². The molecule has 1 heterocycles. The summed E-state index contributed by atoms with van der Waals surface area (Å²) in [5.41, 5.74) is 2.72. The molecule has 0 spiro atoms. The first kappa shape index (κ1) is 14.4. The molecule has 0 amide bonds. The van der Waals surface area contributed by atoms with Crippen molar-refractivity contribution in [2.45, 2.75) is 45.4 Å². The summed E-state index contributed by atoms with van der Waals surface area (Å²) in [6.07, 6.45) is 0.